The molecule has 0 saturated heterocycles. The van der Waals surface area contributed by atoms with Crippen molar-refractivity contribution in [3.63, 3.8) is 0 Å². The first-order valence-electron chi connectivity index (χ1n) is 8.52. The van der Waals surface area contributed by atoms with Gasteiger partial charge >= 0.3 is 5.97 Å². The Hall–Kier alpha value is -2.62. The molecule has 0 fully saturated rings. The van der Waals surface area contributed by atoms with Crippen molar-refractivity contribution < 1.29 is 19.1 Å². The Balaban J connectivity index is 1.84. The van der Waals surface area contributed by atoms with Gasteiger partial charge in [0.15, 0.2) is 5.78 Å². The van der Waals surface area contributed by atoms with Crippen LogP contribution >= 0.6 is 0 Å². The smallest absolute Gasteiger partial charge is 0.338 e. The Bertz CT molecular complexity index is 719. The van der Waals surface area contributed by atoms with Crippen molar-refractivity contribution in [1.82, 2.24) is 0 Å². The lowest BCUT2D eigenvalue weighted by Gasteiger charge is -2.11. The van der Waals surface area contributed by atoms with E-state index in [1.807, 2.05) is 12.1 Å². The van der Waals surface area contributed by atoms with Crippen LogP contribution in [-0.2, 0) is 4.74 Å². The Labute approximate surface area is 148 Å². The van der Waals surface area contributed by atoms with Crippen LogP contribution in [0.25, 0.3) is 0 Å². The van der Waals surface area contributed by atoms with Crippen molar-refractivity contribution in [1.29, 1.82) is 0 Å². The van der Waals surface area contributed by atoms with Crippen molar-refractivity contribution >= 4 is 11.8 Å². The quantitative estimate of drug-likeness (QED) is 0.399. The van der Waals surface area contributed by atoms with Crippen molar-refractivity contribution in [3.8, 4) is 5.75 Å². The fourth-order valence-corrected chi connectivity index (χ4v) is 2.44. The number of carbonyl (C=O) groups excluding carboxylic acids is 2. The molecule has 0 amide bonds. The molecule has 0 saturated carbocycles. The third-order valence-corrected chi connectivity index (χ3v) is 4.17. The summed E-state index contributed by atoms with van der Waals surface area (Å²) in [5.41, 5.74) is 2.26. The Morgan fingerprint density at radius 2 is 1.68 bits per heavy atom. The van der Waals surface area contributed by atoms with Gasteiger partial charge in [-0.2, -0.15) is 0 Å². The molecular weight excluding hydrogens is 316 g/mol. The van der Waals surface area contributed by atoms with E-state index in [0.717, 1.165) is 6.42 Å². The molecule has 2 aromatic carbocycles. The second kappa shape index (κ2) is 9.02. The first kappa shape index (κ1) is 18.7. The third-order valence-electron chi connectivity index (χ3n) is 4.17. The summed E-state index contributed by atoms with van der Waals surface area (Å²) in [6.07, 6.45) is 1.06. The minimum absolute atomic E-state index is 0.0611. The van der Waals surface area contributed by atoms with E-state index in [0.29, 0.717) is 22.8 Å². The molecule has 0 heterocycles. The lowest BCUT2D eigenvalue weighted by molar-refractivity contribution is 0.0449. The SMILES string of the molecule is CCC(C)c1ccc(C(=O)OCCOc2ccccc2C(C)=O)cc1. The number of rotatable bonds is 8. The van der Waals surface area contributed by atoms with Crippen LogP contribution in [-0.4, -0.2) is 25.0 Å². The Morgan fingerprint density at radius 3 is 2.32 bits per heavy atom. The maximum absolute atomic E-state index is 12.0. The van der Waals surface area contributed by atoms with Gasteiger partial charge in [0.05, 0.1) is 11.1 Å². The molecule has 1 unspecified atom stereocenters. The molecule has 4 heteroatoms. The molecule has 0 bridgehead atoms. The van der Waals surface area contributed by atoms with E-state index in [1.54, 1.807) is 36.4 Å². The number of ether oxygens (including phenoxy) is 2. The van der Waals surface area contributed by atoms with Crippen LogP contribution in [0.1, 0.15) is 59.4 Å². The fourth-order valence-electron chi connectivity index (χ4n) is 2.44. The van der Waals surface area contributed by atoms with E-state index in [4.69, 9.17) is 9.47 Å². The largest absolute Gasteiger partial charge is 0.489 e. The molecule has 0 aliphatic heterocycles. The van der Waals surface area contributed by atoms with Crippen LogP contribution in [0, 0.1) is 0 Å². The molecular formula is C21H24O4. The van der Waals surface area contributed by atoms with Gasteiger partial charge < -0.3 is 9.47 Å². The zero-order chi connectivity index (χ0) is 18.2. The van der Waals surface area contributed by atoms with Crippen LogP contribution in [0.15, 0.2) is 48.5 Å². The third kappa shape index (κ3) is 5.18. The van der Waals surface area contributed by atoms with E-state index in [1.165, 1.54) is 12.5 Å². The molecule has 0 aromatic heterocycles. The van der Waals surface area contributed by atoms with Gasteiger partial charge in [-0.3, -0.25) is 4.79 Å². The topological polar surface area (TPSA) is 52.6 Å². The molecule has 132 valence electrons. The number of para-hydroxylation sites is 1. The molecule has 25 heavy (non-hydrogen) atoms. The molecule has 0 radical (unpaired) electrons. The summed E-state index contributed by atoms with van der Waals surface area (Å²) in [5, 5.41) is 0. The number of ketones is 1. The second-order valence-corrected chi connectivity index (χ2v) is 5.97. The van der Waals surface area contributed by atoms with Crippen LogP contribution < -0.4 is 4.74 Å². The zero-order valence-electron chi connectivity index (χ0n) is 15.0. The zero-order valence-corrected chi connectivity index (χ0v) is 15.0. The predicted octanol–water partition coefficient (Wildman–Crippen LogP) is 4.64. The van der Waals surface area contributed by atoms with E-state index in [-0.39, 0.29) is 25.0 Å². The van der Waals surface area contributed by atoms with Crippen LogP contribution in [0.4, 0.5) is 0 Å². The number of esters is 1. The Kier molecular flexibility index (Phi) is 6.75. The van der Waals surface area contributed by atoms with Crippen molar-refractivity contribution in [3.05, 3.63) is 65.2 Å². The fraction of sp³-hybridized carbons (Fsp3) is 0.333. The van der Waals surface area contributed by atoms with E-state index in [9.17, 15) is 9.59 Å². The average molecular weight is 340 g/mol. The minimum atomic E-state index is -0.376. The molecule has 0 spiro atoms. The normalized spacial score (nSPS) is 11.6. The summed E-state index contributed by atoms with van der Waals surface area (Å²) in [6.45, 7) is 6.10. The van der Waals surface area contributed by atoms with E-state index in [2.05, 4.69) is 13.8 Å². The molecule has 2 rings (SSSR count). The van der Waals surface area contributed by atoms with Crippen LogP contribution in [0.2, 0.25) is 0 Å². The molecule has 1 atom stereocenters. The van der Waals surface area contributed by atoms with Gasteiger partial charge in [-0.05, 0) is 49.1 Å². The maximum atomic E-state index is 12.0. The molecule has 4 nitrogen and oxygen atoms in total. The van der Waals surface area contributed by atoms with Crippen molar-refractivity contribution in [2.45, 2.75) is 33.1 Å². The summed E-state index contributed by atoms with van der Waals surface area (Å²) in [6, 6.07) is 14.5. The van der Waals surface area contributed by atoms with E-state index < -0.39 is 0 Å². The number of carbonyl (C=O) groups is 2. The van der Waals surface area contributed by atoms with Gasteiger partial charge in [0.2, 0.25) is 0 Å². The van der Waals surface area contributed by atoms with Gasteiger partial charge in [-0.25, -0.2) is 4.79 Å². The maximum Gasteiger partial charge on any atom is 0.338 e. The van der Waals surface area contributed by atoms with E-state index >= 15 is 0 Å². The summed E-state index contributed by atoms with van der Waals surface area (Å²) in [7, 11) is 0. The van der Waals surface area contributed by atoms with Gasteiger partial charge in [-0.1, -0.05) is 38.1 Å². The van der Waals surface area contributed by atoms with Gasteiger partial charge in [-0.15, -0.1) is 0 Å². The highest BCUT2D eigenvalue weighted by Gasteiger charge is 2.10. The highest BCUT2D eigenvalue weighted by atomic mass is 16.6. The van der Waals surface area contributed by atoms with Gasteiger partial charge in [0.25, 0.3) is 0 Å². The highest BCUT2D eigenvalue weighted by molar-refractivity contribution is 5.96. The van der Waals surface area contributed by atoms with Crippen molar-refractivity contribution in [2.24, 2.45) is 0 Å². The van der Waals surface area contributed by atoms with Gasteiger partial charge in [0.1, 0.15) is 19.0 Å². The van der Waals surface area contributed by atoms with Crippen molar-refractivity contribution in [2.75, 3.05) is 13.2 Å². The monoisotopic (exact) mass is 340 g/mol. The summed E-state index contributed by atoms with van der Waals surface area (Å²) < 4.78 is 10.8. The molecule has 0 N–H and O–H groups in total. The number of hydrogen-bond donors (Lipinski definition) is 0. The lowest BCUT2D eigenvalue weighted by atomic mass is 9.98. The standard InChI is InChI=1S/C21H24O4/c1-4-15(2)17-9-11-18(12-10-17)21(23)25-14-13-24-20-8-6-5-7-19(20)16(3)22/h5-12,15H,4,13-14H2,1-3H3. The van der Waals surface area contributed by atoms with Gasteiger partial charge in [0, 0.05) is 0 Å². The number of hydrogen-bond acceptors (Lipinski definition) is 4. The lowest BCUT2D eigenvalue weighted by Crippen LogP contribution is -2.13. The Morgan fingerprint density at radius 1 is 1.00 bits per heavy atom. The average Bonchev–Trinajstić information content (AvgIpc) is 2.64. The van der Waals surface area contributed by atoms with Crippen LogP contribution in [0.3, 0.4) is 0 Å². The summed E-state index contributed by atoms with van der Waals surface area (Å²) in [5.74, 6) is 0.539. The number of benzene rings is 2. The summed E-state index contributed by atoms with van der Waals surface area (Å²) in [4.78, 5) is 23.6. The number of Topliss-reactive ketones (excluding diaryl/α,β-unsaturated/α-hetero) is 1. The molecule has 0 aliphatic rings. The molecule has 2 aromatic rings. The predicted molar refractivity (Wildman–Crippen MR) is 97.4 cm³/mol. The second-order valence-electron chi connectivity index (χ2n) is 5.97. The first-order valence-corrected chi connectivity index (χ1v) is 8.52. The minimum Gasteiger partial charge on any atom is -0.489 e. The molecule has 0 aliphatic carbocycles. The highest BCUT2D eigenvalue weighted by Crippen LogP contribution is 2.20. The summed E-state index contributed by atoms with van der Waals surface area (Å²) >= 11 is 0. The van der Waals surface area contributed by atoms with Crippen LogP contribution in [0.5, 0.6) is 5.75 Å². The first-order chi connectivity index (χ1) is 12.0.